The predicted octanol–water partition coefficient (Wildman–Crippen LogP) is 3.05. The number of hydrogen-bond acceptors (Lipinski definition) is 6. The van der Waals surface area contributed by atoms with Crippen molar-refractivity contribution in [1.82, 2.24) is 24.5 Å². The molecule has 7 heteroatoms. The van der Waals surface area contributed by atoms with Crippen LogP contribution in [0, 0.1) is 0 Å². The first-order valence-corrected chi connectivity index (χ1v) is 8.17. The molecule has 3 heterocycles. The third-order valence-electron chi connectivity index (χ3n) is 4.12. The Morgan fingerprint density at radius 3 is 2.67 bits per heavy atom. The van der Waals surface area contributed by atoms with Gasteiger partial charge in [0.15, 0.2) is 17.0 Å². The Bertz CT molecular complexity index is 867. The number of imidazole rings is 1. The van der Waals surface area contributed by atoms with Crippen molar-refractivity contribution in [2.24, 2.45) is 0 Å². The molecule has 7 nitrogen and oxygen atoms in total. The van der Waals surface area contributed by atoms with Gasteiger partial charge in [0.25, 0.3) is 0 Å². The van der Waals surface area contributed by atoms with Gasteiger partial charge < -0.3 is 14.6 Å². The van der Waals surface area contributed by atoms with Gasteiger partial charge in [0, 0.05) is 29.9 Å². The molecule has 0 radical (unpaired) electrons. The first-order valence-electron chi connectivity index (χ1n) is 8.17. The van der Waals surface area contributed by atoms with Gasteiger partial charge in [-0.05, 0) is 32.8 Å². The molecule has 0 saturated heterocycles. The van der Waals surface area contributed by atoms with E-state index in [4.69, 9.17) is 9.72 Å². The van der Waals surface area contributed by atoms with E-state index < -0.39 is 0 Å². The van der Waals surface area contributed by atoms with Crippen molar-refractivity contribution < 1.29 is 4.74 Å². The lowest BCUT2D eigenvalue weighted by Gasteiger charge is -2.12. The highest BCUT2D eigenvalue weighted by Gasteiger charge is 2.25. The number of pyridine rings is 1. The molecule has 3 aromatic rings. The van der Waals surface area contributed by atoms with Crippen LogP contribution in [0.3, 0.4) is 0 Å². The summed E-state index contributed by atoms with van der Waals surface area (Å²) < 4.78 is 7.26. The molecule has 0 aliphatic heterocycles. The van der Waals surface area contributed by atoms with Crippen molar-refractivity contribution in [3.8, 4) is 17.3 Å². The zero-order valence-electron chi connectivity index (χ0n) is 14.0. The average molecular weight is 324 g/mol. The maximum atomic E-state index is 5.14. The molecular formula is C17H20N6O. The standard InChI is InChI=1S/C17H20N6O/c1-10(2)23-16(11-4-7-13(24-3)18-8-11)22-14-15(21-12-5-6-12)19-9-20-17(14)23/h4,7-10,12H,5-6H2,1-3H3,(H,19,20,21). The monoisotopic (exact) mass is 324 g/mol. The summed E-state index contributed by atoms with van der Waals surface area (Å²) in [4.78, 5) is 18.0. The van der Waals surface area contributed by atoms with E-state index in [2.05, 4.69) is 38.7 Å². The zero-order chi connectivity index (χ0) is 16.7. The third kappa shape index (κ3) is 2.55. The number of methoxy groups -OCH3 is 1. The highest BCUT2D eigenvalue weighted by atomic mass is 16.5. The van der Waals surface area contributed by atoms with E-state index in [9.17, 15) is 0 Å². The van der Waals surface area contributed by atoms with Gasteiger partial charge >= 0.3 is 0 Å². The van der Waals surface area contributed by atoms with Crippen molar-refractivity contribution in [2.75, 3.05) is 12.4 Å². The predicted molar refractivity (Wildman–Crippen MR) is 92.1 cm³/mol. The minimum Gasteiger partial charge on any atom is -0.481 e. The first-order chi connectivity index (χ1) is 11.7. The molecule has 0 unspecified atom stereocenters. The second-order valence-electron chi connectivity index (χ2n) is 6.30. The summed E-state index contributed by atoms with van der Waals surface area (Å²) in [6.07, 6.45) is 5.75. The van der Waals surface area contributed by atoms with Crippen LogP contribution in [0.5, 0.6) is 5.88 Å². The molecule has 1 aliphatic carbocycles. The molecule has 4 rings (SSSR count). The molecule has 0 spiro atoms. The molecule has 1 N–H and O–H groups in total. The van der Waals surface area contributed by atoms with Crippen LogP contribution in [0.2, 0.25) is 0 Å². The maximum absolute atomic E-state index is 5.14. The number of anilines is 1. The van der Waals surface area contributed by atoms with E-state index >= 15 is 0 Å². The Morgan fingerprint density at radius 2 is 2.04 bits per heavy atom. The zero-order valence-corrected chi connectivity index (χ0v) is 14.0. The molecule has 0 aromatic carbocycles. The first kappa shape index (κ1) is 14.9. The van der Waals surface area contributed by atoms with Crippen molar-refractivity contribution in [3.05, 3.63) is 24.7 Å². The highest BCUT2D eigenvalue weighted by Crippen LogP contribution is 2.32. The van der Waals surface area contributed by atoms with Gasteiger partial charge in [-0.25, -0.2) is 19.9 Å². The number of nitrogens with one attached hydrogen (secondary N) is 1. The normalized spacial score (nSPS) is 14.3. The summed E-state index contributed by atoms with van der Waals surface area (Å²) in [5.41, 5.74) is 2.58. The number of rotatable bonds is 5. The Balaban J connectivity index is 1.88. The van der Waals surface area contributed by atoms with Gasteiger partial charge in [-0.2, -0.15) is 0 Å². The van der Waals surface area contributed by atoms with Gasteiger partial charge in [-0.3, -0.25) is 0 Å². The van der Waals surface area contributed by atoms with Crippen molar-refractivity contribution in [1.29, 1.82) is 0 Å². The van der Waals surface area contributed by atoms with Crippen LogP contribution in [0.25, 0.3) is 22.6 Å². The Kier molecular flexibility index (Phi) is 3.55. The molecule has 124 valence electrons. The van der Waals surface area contributed by atoms with Crippen LogP contribution >= 0.6 is 0 Å². The van der Waals surface area contributed by atoms with Crippen LogP contribution in [-0.4, -0.2) is 37.7 Å². The van der Waals surface area contributed by atoms with E-state index in [0.29, 0.717) is 11.9 Å². The molecule has 1 saturated carbocycles. The number of nitrogens with zero attached hydrogens (tertiary/aromatic N) is 5. The lowest BCUT2D eigenvalue weighted by atomic mass is 10.2. The van der Waals surface area contributed by atoms with E-state index in [-0.39, 0.29) is 6.04 Å². The summed E-state index contributed by atoms with van der Waals surface area (Å²) in [6, 6.07) is 4.54. The van der Waals surface area contributed by atoms with Crippen LogP contribution < -0.4 is 10.1 Å². The Hall–Kier alpha value is -2.70. The fraction of sp³-hybridized carbons (Fsp3) is 0.412. The number of fused-ring (bicyclic) bond motifs is 1. The van der Waals surface area contributed by atoms with Crippen LogP contribution in [0.4, 0.5) is 5.82 Å². The second-order valence-corrected chi connectivity index (χ2v) is 6.30. The molecule has 1 fully saturated rings. The number of hydrogen-bond donors (Lipinski definition) is 1. The van der Waals surface area contributed by atoms with E-state index in [1.165, 1.54) is 12.8 Å². The third-order valence-corrected chi connectivity index (χ3v) is 4.12. The molecule has 1 aliphatic rings. The van der Waals surface area contributed by atoms with Crippen LogP contribution in [0.15, 0.2) is 24.7 Å². The smallest absolute Gasteiger partial charge is 0.212 e. The fourth-order valence-electron chi connectivity index (χ4n) is 2.76. The average Bonchev–Trinajstić information content (AvgIpc) is 3.31. The molecule has 0 bridgehead atoms. The lowest BCUT2D eigenvalue weighted by Crippen LogP contribution is -2.06. The Morgan fingerprint density at radius 1 is 1.21 bits per heavy atom. The molecule has 24 heavy (non-hydrogen) atoms. The quantitative estimate of drug-likeness (QED) is 0.777. The summed E-state index contributed by atoms with van der Waals surface area (Å²) in [6.45, 7) is 4.25. The van der Waals surface area contributed by atoms with Crippen molar-refractivity contribution >= 4 is 17.0 Å². The van der Waals surface area contributed by atoms with E-state index in [1.807, 2.05) is 12.1 Å². The number of aromatic nitrogens is 5. The summed E-state index contributed by atoms with van der Waals surface area (Å²) in [5, 5.41) is 3.45. The minimum atomic E-state index is 0.218. The largest absolute Gasteiger partial charge is 0.481 e. The van der Waals surface area contributed by atoms with Crippen molar-refractivity contribution in [3.63, 3.8) is 0 Å². The summed E-state index contributed by atoms with van der Waals surface area (Å²) in [7, 11) is 1.61. The van der Waals surface area contributed by atoms with Gasteiger partial charge in [-0.1, -0.05) is 0 Å². The molecule has 0 amide bonds. The summed E-state index contributed by atoms with van der Waals surface area (Å²) >= 11 is 0. The SMILES string of the molecule is COc1ccc(-c2nc3c(NC4CC4)ncnc3n2C(C)C)cn1. The molecular weight excluding hydrogens is 304 g/mol. The van der Waals surface area contributed by atoms with Crippen LogP contribution in [-0.2, 0) is 0 Å². The maximum Gasteiger partial charge on any atom is 0.212 e. The fourth-order valence-corrected chi connectivity index (χ4v) is 2.76. The number of ether oxygens (including phenoxy) is 1. The topological polar surface area (TPSA) is 77.8 Å². The van der Waals surface area contributed by atoms with Gasteiger partial charge in [0.05, 0.1) is 7.11 Å². The Labute approximate surface area is 140 Å². The minimum absolute atomic E-state index is 0.218. The summed E-state index contributed by atoms with van der Waals surface area (Å²) in [5.74, 6) is 2.24. The van der Waals surface area contributed by atoms with Gasteiger partial charge in [-0.15, -0.1) is 0 Å². The second kappa shape index (κ2) is 5.74. The lowest BCUT2D eigenvalue weighted by molar-refractivity contribution is 0.398. The highest BCUT2D eigenvalue weighted by molar-refractivity contribution is 5.86. The van der Waals surface area contributed by atoms with Crippen molar-refractivity contribution in [2.45, 2.75) is 38.8 Å². The van der Waals surface area contributed by atoms with Gasteiger partial charge in [0.2, 0.25) is 5.88 Å². The van der Waals surface area contributed by atoms with Crippen LogP contribution in [0.1, 0.15) is 32.7 Å². The van der Waals surface area contributed by atoms with E-state index in [1.54, 1.807) is 19.6 Å². The molecule has 0 atom stereocenters. The van der Waals surface area contributed by atoms with E-state index in [0.717, 1.165) is 28.4 Å². The van der Waals surface area contributed by atoms with Gasteiger partial charge in [0.1, 0.15) is 12.2 Å². The molecule has 3 aromatic heterocycles.